The van der Waals surface area contributed by atoms with Gasteiger partial charge in [0.2, 0.25) is 0 Å². The zero-order chi connectivity index (χ0) is 17.9. The lowest BCUT2D eigenvalue weighted by atomic mass is 9.98. The molecule has 136 valence electrons. The molecule has 0 aromatic carbocycles. The first-order valence-electron chi connectivity index (χ1n) is 8.74. The van der Waals surface area contributed by atoms with E-state index in [0.717, 1.165) is 30.9 Å². The zero-order valence-corrected chi connectivity index (χ0v) is 15.1. The van der Waals surface area contributed by atoms with Crippen LogP contribution in [0.3, 0.4) is 0 Å². The van der Waals surface area contributed by atoms with E-state index < -0.39 is 0 Å². The summed E-state index contributed by atoms with van der Waals surface area (Å²) in [6.07, 6.45) is 7.55. The van der Waals surface area contributed by atoms with Crippen molar-refractivity contribution in [2.45, 2.75) is 25.6 Å². The van der Waals surface area contributed by atoms with Gasteiger partial charge in [-0.2, -0.15) is 5.10 Å². The Kier molecular flexibility index (Phi) is 4.77. The number of hydrogen-bond donors (Lipinski definition) is 0. The minimum Gasteiger partial charge on any atom is -0.376 e. The number of aromatic nitrogens is 6. The smallest absolute Gasteiger partial charge is 0.100 e. The van der Waals surface area contributed by atoms with Gasteiger partial charge < -0.3 is 4.74 Å². The number of fused-ring (bicyclic) bond motifs is 1. The van der Waals surface area contributed by atoms with E-state index in [1.54, 1.807) is 12.4 Å². The lowest BCUT2D eigenvalue weighted by Crippen LogP contribution is -2.35. The van der Waals surface area contributed by atoms with E-state index in [2.05, 4.69) is 31.5 Å². The maximum Gasteiger partial charge on any atom is 0.100 e. The number of aryl methyl sites for hydroxylation is 2. The molecule has 1 atom stereocenters. The topological polar surface area (TPSA) is 73.9 Å². The summed E-state index contributed by atoms with van der Waals surface area (Å²) in [4.78, 5) is 6.42. The molecule has 4 rings (SSSR count). The highest BCUT2D eigenvalue weighted by atomic mass is 16.5. The molecule has 0 aliphatic carbocycles. The molecule has 0 N–H and O–H groups in total. The van der Waals surface area contributed by atoms with E-state index in [-0.39, 0.29) is 5.92 Å². The third kappa shape index (κ3) is 3.66. The van der Waals surface area contributed by atoms with E-state index in [1.807, 2.05) is 41.8 Å². The Bertz CT molecular complexity index is 858. The fourth-order valence-electron chi connectivity index (χ4n) is 3.56. The predicted octanol–water partition coefficient (Wildman–Crippen LogP) is 1.26. The van der Waals surface area contributed by atoms with Gasteiger partial charge in [0.15, 0.2) is 0 Å². The molecule has 0 spiro atoms. The maximum absolute atomic E-state index is 6.00. The molecule has 0 bridgehead atoms. The number of pyridine rings is 1. The van der Waals surface area contributed by atoms with Crippen molar-refractivity contribution in [2.24, 2.45) is 14.1 Å². The van der Waals surface area contributed by atoms with Gasteiger partial charge in [-0.3, -0.25) is 19.2 Å². The van der Waals surface area contributed by atoms with Gasteiger partial charge in [0.05, 0.1) is 25.1 Å². The standard InChI is InChI=1S/C18H23N7O/c1-23-8-15(7-20-23)9-25-10-16(18-17(11-25)21-22-24(18)2)13-26-12-14-3-5-19-6-4-14/h3-8,16H,9-13H2,1-2H3. The minimum atomic E-state index is 0.247. The van der Waals surface area contributed by atoms with Crippen LogP contribution in [0.15, 0.2) is 36.9 Å². The van der Waals surface area contributed by atoms with Crippen LogP contribution in [0.5, 0.6) is 0 Å². The van der Waals surface area contributed by atoms with Crippen LogP contribution >= 0.6 is 0 Å². The Labute approximate surface area is 152 Å². The molecule has 0 radical (unpaired) electrons. The van der Waals surface area contributed by atoms with Crippen LogP contribution in [0.25, 0.3) is 0 Å². The number of nitrogens with zero attached hydrogens (tertiary/aromatic N) is 7. The molecule has 1 aliphatic heterocycles. The first-order valence-corrected chi connectivity index (χ1v) is 8.74. The molecule has 8 heteroatoms. The van der Waals surface area contributed by atoms with Crippen LogP contribution in [0.4, 0.5) is 0 Å². The lowest BCUT2D eigenvalue weighted by molar-refractivity contribution is 0.0829. The average molecular weight is 353 g/mol. The Balaban J connectivity index is 1.44. The summed E-state index contributed by atoms with van der Waals surface area (Å²) in [5, 5.41) is 12.8. The third-order valence-electron chi connectivity index (χ3n) is 4.68. The van der Waals surface area contributed by atoms with Gasteiger partial charge in [-0.05, 0) is 17.7 Å². The van der Waals surface area contributed by atoms with E-state index in [1.165, 1.54) is 11.3 Å². The van der Waals surface area contributed by atoms with Gasteiger partial charge in [0.1, 0.15) is 5.69 Å². The Morgan fingerprint density at radius 3 is 2.81 bits per heavy atom. The summed E-state index contributed by atoms with van der Waals surface area (Å²) in [5.74, 6) is 0.247. The predicted molar refractivity (Wildman–Crippen MR) is 95.0 cm³/mol. The van der Waals surface area contributed by atoms with Crippen molar-refractivity contribution in [3.8, 4) is 0 Å². The Morgan fingerprint density at radius 1 is 1.19 bits per heavy atom. The van der Waals surface area contributed by atoms with E-state index in [0.29, 0.717) is 13.2 Å². The van der Waals surface area contributed by atoms with Gasteiger partial charge in [0, 0.05) is 63.8 Å². The summed E-state index contributed by atoms with van der Waals surface area (Å²) >= 11 is 0. The van der Waals surface area contributed by atoms with Crippen molar-refractivity contribution < 1.29 is 4.74 Å². The fraction of sp³-hybridized carbons (Fsp3) is 0.444. The van der Waals surface area contributed by atoms with Crippen molar-refractivity contribution in [3.63, 3.8) is 0 Å². The monoisotopic (exact) mass is 353 g/mol. The maximum atomic E-state index is 6.00. The largest absolute Gasteiger partial charge is 0.376 e. The molecule has 0 saturated carbocycles. The van der Waals surface area contributed by atoms with Crippen LogP contribution < -0.4 is 0 Å². The van der Waals surface area contributed by atoms with Crippen LogP contribution in [-0.2, 0) is 38.5 Å². The Morgan fingerprint density at radius 2 is 2.04 bits per heavy atom. The number of hydrogen-bond acceptors (Lipinski definition) is 6. The first kappa shape index (κ1) is 16.9. The molecule has 4 heterocycles. The molecule has 3 aromatic rings. The molecule has 26 heavy (non-hydrogen) atoms. The molecule has 0 amide bonds. The van der Waals surface area contributed by atoms with Gasteiger partial charge in [0.25, 0.3) is 0 Å². The second-order valence-corrected chi connectivity index (χ2v) is 6.80. The van der Waals surface area contributed by atoms with Crippen molar-refractivity contribution >= 4 is 0 Å². The average Bonchev–Trinajstić information content (AvgIpc) is 3.22. The highest BCUT2D eigenvalue weighted by Crippen LogP contribution is 2.28. The first-order chi connectivity index (χ1) is 12.7. The van der Waals surface area contributed by atoms with Crippen LogP contribution in [0, 0.1) is 0 Å². The molecule has 1 unspecified atom stereocenters. The lowest BCUT2D eigenvalue weighted by Gasteiger charge is -2.31. The highest BCUT2D eigenvalue weighted by molar-refractivity contribution is 5.20. The van der Waals surface area contributed by atoms with E-state index >= 15 is 0 Å². The summed E-state index contributed by atoms with van der Waals surface area (Å²) in [7, 11) is 3.90. The molecule has 0 saturated heterocycles. The minimum absolute atomic E-state index is 0.247. The normalized spacial score (nSPS) is 17.4. The van der Waals surface area contributed by atoms with Crippen molar-refractivity contribution in [1.82, 2.24) is 34.7 Å². The van der Waals surface area contributed by atoms with Crippen LogP contribution in [0.1, 0.15) is 28.4 Å². The summed E-state index contributed by atoms with van der Waals surface area (Å²) < 4.78 is 9.73. The highest BCUT2D eigenvalue weighted by Gasteiger charge is 2.30. The summed E-state index contributed by atoms with van der Waals surface area (Å²) in [6.45, 7) is 3.80. The van der Waals surface area contributed by atoms with Crippen molar-refractivity contribution in [2.75, 3.05) is 13.2 Å². The second-order valence-electron chi connectivity index (χ2n) is 6.80. The Hall–Kier alpha value is -2.58. The van der Waals surface area contributed by atoms with E-state index in [9.17, 15) is 0 Å². The van der Waals surface area contributed by atoms with Gasteiger partial charge in [-0.1, -0.05) is 5.21 Å². The van der Waals surface area contributed by atoms with Gasteiger partial charge in [-0.15, -0.1) is 5.10 Å². The molecule has 8 nitrogen and oxygen atoms in total. The molecule has 0 fully saturated rings. The summed E-state index contributed by atoms with van der Waals surface area (Å²) in [6, 6.07) is 3.96. The zero-order valence-electron chi connectivity index (χ0n) is 15.1. The van der Waals surface area contributed by atoms with E-state index in [4.69, 9.17) is 4.74 Å². The molecular formula is C18H23N7O. The van der Waals surface area contributed by atoms with Crippen molar-refractivity contribution in [3.05, 3.63) is 59.4 Å². The number of ether oxygens (including phenoxy) is 1. The third-order valence-corrected chi connectivity index (χ3v) is 4.68. The van der Waals surface area contributed by atoms with Crippen molar-refractivity contribution in [1.29, 1.82) is 0 Å². The quantitative estimate of drug-likeness (QED) is 0.664. The molecule has 3 aromatic heterocycles. The second kappa shape index (κ2) is 7.35. The van der Waals surface area contributed by atoms with Gasteiger partial charge >= 0.3 is 0 Å². The fourth-order valence-corrected chi connectivity index (χ4v) is 3.56. The van der Waals surface area contributed by atoms with Gasteiger partial charge in [-0.25, -0.2) is 0 Å². The van der Waals surface area contributed by atoms with Crippen LogP contribution in [0.2, 0.25) is 0 Å². The SMILES string of the molecule is Cn1cc(CN2Cc3nnn(C)c3C(COCc3ccncc3)C2)cn1. The van der Waals surface area contributed by atoms with Crippen LogP contribution in [-0.4, -0.2) is 47.8 Å². The molecule has 1 aliphatic rings. The summed E-state index contributed by atoms with van der Waals surface area (Å²) in [5.41, 5.74) is 4.56. The number of rotatable bonds is 6. The molecular weight excluding hydrogens is 330 g/mol.